The topological polar surface area (TPSA) is 87.4 Å². The van der Waals surface area contributed by atoms with Crippen molar-refractivity contribution in [2.24, 2.45) is 0 Å². The number of H-pyrrole nitrogens is 1. The van der Waals surface area contributed by atoms with Crippen LogP contribution in [0.5, 0.6) is 0 Å². The van der Waals surface area contributed by atoms with E-state index in [1.54, 1.807) is 18.5 Å². The Labute approximate surface area is 196 Å². The van der Waals surface area contributed by atoms with Crippen LogP contribution in [0.4, 0.5) is 0 Å². The lowest BCUT2D eigenvalue weighted by Gasteiger charge is -2.01. The van der Waals surface area contributed by atoms with E-state index in [4.69, 9.17) is 5.10 Å². The fourth-order valence-electron chi connectivity index (χ4n) is 4.13. The number of benzene rings is 2. The minimum absolute atomic E-state index is 0.0530. The number of hydrogen-bond donors (Lipinski definition) is 1. The van der Waals surface area contributed by atoms with Gasteiger partial charge in [0, 0.05) is 46.3 Å². The van der Waals surface area contributed by atoms with Gasteiger partial charge in [0.1, 0.15) is 17.3 Å². The fourth-order valence-corrected chi connectivity index (χ4v) is 4.13. The summed E-state index contributed by atoms with van der Waals surface area (Å²) in [5, 5.41) is 15.5. The normalized spacial score (nSPS) is 11.5. The van der Waals surface area contributed by atoms with Crippen molar-refractivity contribution >= 4 is 22.8 Å². The number of fused-ring (bicyclic) bond motifs is 1. The number of ketones is 1. The van der Waals surface area contributed by atoms with Crippen molar-refractivity contribution in [3.63, 3.8) is 0 Å². The zero-order valence-corrected chi connectivity index (χ0v) is 18.6. The van der Waals surface area contributed by atoms with Gasteiger partial charge in [-0.2, -0.15) is 10.4 Å². The smallest absolute Gasteiger partial charge is 0.205 e. The minimum Gasteiger partial charge on any atom is -0.358 e. The highest BCUT2D eigenvalue weighted by Gasteiger charge is 2.21. The van der Waals surface area contributed by atoms with Crippen LogP contribution in [0.2, 0.25) is 0 Å². The maximum absolute atomic E-state index is 13.5. The maximum atomic E-state index is 13.5. The summed E-state index contributed by atoms with van der Waals surface area (Å²) in [4.78, 5) is 20.9. The molecule has 0 aliphatic heterocycles. The van der Waals surface area contributed by atoms with Gasteiger partial charge in [0.2, 0.25) is 5.78 Å². The van der Waals surface area contributed by atoms with Crippen LogP contribution < -0.4 is 0 Å². The number of hydrogen-bond acceptors (Lipinski definition) is 4. The second-order valence-electron chi connectivity index (χ2n) is 8.03. The lowest BCUT2D eigenvalue weighted by Crippen LogP contribution is -2.03. The number of nitrogens with zero attached hydrogens (tertiary/aromatic N) is 4. The number of carbonyl (C=O) groups is 1. The first kappa shape index (κ1) is 21.1. The monoisotopic (exact) mass is 443 g/mol. The van der Waals surface area contributed by atoms with Crippen LogP contribution in [0, 0.1) is 18.3 Å². The number of nitrogens with one attached hydrogen (secondary N) is 1. The minimum atomic E-state index is -0.314. The zero-order valence-electron chi connectivity index (χ0n) is 18.6. The summed E-state index contributed by atoms with van der Waals surface area (Å²) in [6.45, 7) is 2.42. The van der Waals surface area contributed by atoms with E-state index < -0.39 is 0 Å². The quantitative estimate of drug-likeness (QED) is 0.211. The summed E-state index contributed by atoms with van der Waals surface area (Å²) in [6.07, 6.45) is 6.91. The van der Waals surface area contributed by atoms with Crippen LogP contribution in [-0.4, -0.2) is 25.5 Å². The van der Waals surface area contributed by atoms with Gasteiger partial charge in [0.25, 0.3) is 0 Å². The average Bonchev–Trinajstić information content (AvgIpc) is 3.42. The number of allylic oxidation sites excluding steroid dienone is 1. The van der Waals surface area contributed by atoms with Crippen molar-refractivity contribution < 1.29 is 4.79 Å². The number of carbonyl (C=O) groups excluding carboxylic acids is 1. The van der Waals surface area contributed by atoms with Crippen molar-refractivity contribution in [2.45, 2.75) is 13.5 Å². The second kappa shape index (κ2) is 9.00. The third-order valence-corrected chi connectivity index (χ3v) is 5.70. The molecule has 0 aliphatic carbocycles. The molecule has 0 saturated carbocycles. The summed E-state index contributed by atoms with van der Waals surface area (Å²) in [5.41, 5.74) is 5.44. The molecule has 0 fully saturated rings. The number of aromatic amines is 1. The van der Waals surface area contributed by atoms with Crippen molar-refractivity contribution in [3.05, 3.63) is 113 Å². The Morgan fingerprint density at radius 2 is 1.88 bits per heavy atom. The van der Waals surface area contributed by atoms with Gasteiger partial charge in [-0.3, -0.25) is 14.5 Å². The third kappa shape index (κ3) is 4.03. The molecule has 0 aliphatic rings. The van der Waals surface area contributed by atoms with E-state index in [0.29, 0.717) is 23.4 Å². The van der Waals surface area contributed by atoms with E-state index in [1.807, 2.05) is 84.5 Å². The maximum Gasteiger partial charge on any atom is 0.205 e. The number of pyridine rings is 1. The average molecular weight is 444 g/mol. The number of Topliss-reactive ketones (excluding diaryl/α,β-unsaturated/α-hetero) is 1. The predicted octanol–water partition coefficient (Wildman–Crippen LogP) is 5.57. The Morgan fingerprint density at radius 3 is 2.65 bits per heavy atom. The molecule has 3 aromatic heterocycles. The highest BCUT2D eigenvalue weighted by molar-refractivity contribution is 6.20. The highest BCUT2D eigenvalue weighted by atomic mass is 16.1. The standard InChI is InChI=1S/C28H21N5O/c1-19-26(24-11-5-6-12-25(24)31-19)28(34)22(15-29)14-23-18-33(17-20-8-3-2-4-9-20)32-27(23)21-10-7-13-30-16-21/h2-14,16,18,31H,17H2,1H3/b22-14+. The molecular formula is C28H21N5O. The number of para-hydroxylation sites is 1. The molecule has 5 aromatic rings. The molecule has 5 rings (SSSR count). The van der Waals surface area contributed by atoms with Crippen LogP contribution in [0.1, 0.15) is 27.2 Å². The van der Waals surface area contributed by atoms with Crippen LogP contribution in [0.3, 0.4) is 0 Å². The van der Waals surface area contributed by atoms with E-state index in [-0.39, 0.29) is 11.4 Å². The summed E-state index contributed by atoms with van der Waals surface area (Å²) in [7, 11) is 0. The summed E-state index contributed by atoms with van der Waals surface area (Å²) in [5.74, 6) is -0.314. The number of aryl methyl sites for hydroxylation is 1. The third-order valence-electron chi connectivity index (χ3n) is 5.70. The summed E-state index contributed by atoms with van der Waals surface area (Å²) in [6, 6.07) is 23.5. The van der Waals surface area contributed by atoms with Gasteiger partial charge in [-0.25, -0.2) is 0 Å². The van der Waals surface area contributed by atoms with Crippen LogP contribution in [0.15, 0.2) is 90.9 Å². The molecule has 6 heteroatoms. The molecular weight excluding hydrogens is 422 g/mol. The first-order chi connectivity index (χ1) is 16.6. The molecule has 0 unspecified atom stereocenters. The van der Waals surface area contributed by atoms with Crippen LogP contribution >= 0.6 is 0 Å². The van der Waals surface area contributed by atoms with E-state index in [2.05, 4.69) is 16.0 Å². The molecule has 0 bridgehead atoms. The first-order valence-corrected chi connectivity index (χ1v) is 10.9. The zero-order chi connectivity index (χ0) is 23.5. The summed E-state index contributed by atoms with van der Waals surface area (Å²) >= 11 is 0. The van der Waals surface area contributed by atoms with Crippen molar-refractivity contribution in [2.75, 3.05) is 0 Å². The summed E-state index contributed by atoms with van der Waals surface area (Å²) < 4.78 is 1.82. The van der Waals surface area contributed by atoms with Gasteiger partial charge in [0.05, 0.1) is 12.1 Å². The molecule has 6 nitrogen and oxygen atoms in total. The van der Waals surface area contributed by atoms with E-state index in [1.165, 1.54) is 0 Å². The van der Waals surface area contributed by atoms with E-state index in [9.17, 15) is 10.1 Å². The Balaban J connectivity index is 1.59. The Hall–Kier alpha value is -4.76. The van der Waals surface area contributed by atoms with Gasteiger partial charge in [-0.1, -0.05) is 48.5 Å². The molecule has 0 amide bonds. The SMILES string of the molecule is Cc1[nH]c2ccccc2c1C(=O)/C(C#N)=C/c1cn(Cc2ccccc2)nc1-c1cccnc1. The molecule has 164 valence electrons. The van der Waals surface area contributed by atoms with E-state index in [0.717, 1.165) is 27.7 Å². The molecule has 0 atom stereocenters. The van der Waals surface area contributed by atoms with Crippen molar-refractivity contribution in [1.82, 2.24) is 19.7 Å². The van der Waals surface area contributed by atoms with Gasteiger partial charge in [-0.15, -0.1) is 0 Å². The fraction of sp³-hybridized carbons (Fsp3) is 0.0714. The number of rotatable bonds is 6. The van der Waals surface area contributed by atoms with Crippen LogP contribution in [-0.2, 0) is 6.54 Å². The van der Waals surface area contributed by atoms with Crippen molar-refractivity contribution in [3.8, 4) is 17.3 Å². The predicted molar refractivity (Wildman–Crippen MR) is 132 cm³/mol. The molecule has 1 N–H and O–H groups in total. The Morgan fingerprint density at radius 1 is 1.09 bits per heavy atom. The largest absolute Gasteiger partial charge is 0.358 e. The van der Waals surface area contributed by atoms with Gasteiger partial charge < -0.3 is 4.98 Å². The lowest BCUT2D eigenvalue weighted by atomic mass is 9.99. The van der Waals surface area contributed by atoms with Crippen molar-refractivity contribution in [1.29, 1.82) is 5.26 Å². The molecule has 0 saturated heterocycles. The molecule has 34 heavy (non-hydrogen) atoms. The van der Waals surface area contributed by atoms with Crippen LogP contribution in [0.25, 0.3) is 28.2 Å². The molecule has 3 heterocycles. The highest BCUT2D eigenvalue weighted by Crippen LogP contribution is 2.28. The lowest BCUT2D eigenvalue weighted by molar-refractivity contribution is 0.104. The molecule has 0 spiro atoms. The number of aromatic nitrogens is 4. The van der Waals surface area contributed by atoms with E-state index >= 15 is 0 Å². The number of nitriles is 1. The van der Waals surface area contributed by atoms with Gasteiger partial charge >= 0.3 is 0 Å². The van der Waals surface area contributed by atoms with Gasteiger partial charge in [0.15, 0.2) is 0 Å². The van der Waals surface area contributed by atoms with Gasteiger partial charge in [-0.05, 0) is 36.8 Å². The second-order valence-corrected chi connectivity index (χ2v) is 8.03. The Bertz CT molecular complexity index is 1550. The molecule has 0 radical (unpaired) electrons. The Kier molecular flexibility index (Phi) is 5.59. The molecule has 2 aromatic carbocycles. The first-order valence-electron chi connectivity index (χ1n) is 10.9.